The van der Waals surface area contributed by atoms with E-state index in [1.807, 2.05) is 49.6 Å². The molecular formula is C28H24N4. The smallest absolute Gasteiger partial charge is 0.0270 e. The summed E-state index contributed by atoms with van der Waals surface area (Å²) in [6, 6.07) is 17.8. The molecule has 4 heterocycles. The summed E-state index contributed by atoms with van der Waals surface area (Å²) in [5.74, 6) is 5.08. The summed E-state index contributed by atoms with van der Waals surface area (Å²) in [5, 5.41) is 0. The Morgan fingerprint density at radius 3 is 0.688 bits per heavy atom. The van der Waals surface area contributed by atoms with Crippen LogP contribution >= 0.6 is 0 Å². The van der Waals surface area contributed by atoms with Crippen molar-refractivity contribution in [2.24, 2.45) is 23.7 Å². The Bertz CT molecular complexity index is 1010. The van der Waals surface area contributed by atoms with Crippen molar-refractivity contribution in [3.05, 3.63) is 120 Å². The molecule has 4 atom stereocenters. The van der Waals surface area contributed by atoms with Gasteiger partial charge in [-0.05, 0) is 118 Å². The molecule has 4 unspecified atom stereocenters. The number of nitrogens with zero attached hydrogens (tertiary/aromatic N) is 4. The van der Waals surface area contributed by atoms with Crippen LogP contribution in [0.4, 0.5) is 0 Å². The first-order valence-corrected chi connectivity index (χ1v) is 11.5. The fraction of sp³-hybridized carbons (Fsp3) is 0.286. The molecule has 3 aliphatic rings. The maximum atomic E-state index is 4.29. The molecule has 4 nitrogen and oxygen atoms in total. The van der Waals surface area contributed by atoms with E-state index in [9.17, 15) is 0 Å². The minimum absolute atomic E-state index is 0.550. The zero-order chi connectivity index (χ0) is 21.1. The van der Waals surface area contributed by atoms with Crippen molar-refractivity contribution in [3.8, 4) is 0 Å². The first-order chi connectivity index (χ1) is 15.9. The first-order valence-electron chi connectivity index (χ1n) is 11.5. The molecule has 4 aromatic rings. The quantitative estimate of drug-likeness (QED) is 0.458. The van der Waals surface area contributed by atoms with Gasteiger partial charge in [0.1, 0.15) is 0 Å². The van der Waals surface area contributed by atoms with Crippen LogP contribution in [0.3, 0.4) is 0 Å². The molecule has 0 bridgehead atoms. The van der Waals surface area contributed by atoms with E-state index in [1.54, 1.807) is 0 Å². The van der Waals surface area contributed by atoms with Crippen LogP contribution in [0.25, 0.3) is 0 Å². The summed E-state index contributed by atoms with van der Waals surface area (Å²) in [4.78, 5) is 17.1. The number of hydrogen-bond acceptors (Lipinski definition) is 4. The lowest BCUT2D eigenvalue weighted by Gasteiger charge is -2.78. The highest BCUT2D eigenvalue weighted by Crippen LogP contribution is 2.83. The second kappa shape index (κ2) is 7.06. The van der Waals surface area contributed by atoms with E-state index >= 15 is 0 Å². The molecule has 4 aromatic heterocycles. The molecule has 0 spiro atoms. The Morgan fingerprint density at radius 2 is 0.500 bits per heavy atom. The van der Waals surface area contributed by atoms with E-state index in [4.69, 9.17) is 0 Å². The van der Waals surface area contributed by atoms with Gasteiger partial charge in [-0.3, -0.25) is 19.9 Å². The highest BCUT2D eigenvalue weighted by Gasteiger charge is 2.75. The van der Waals surface area contributed by atoms with Gasteiger partial charge in [0.05, 0.1) is 0 Å². The zero-order valence-corrected chi connectivity index (χ0v) is 17.6. The van der Waals surface area contributed by atoms with Gasteiger partial charge in [0.2, 0.25) is 0 Å². The van der Waals surface area contributed by atoms with Crippen molar-refractivity contribution in [1.29, 1.82) is 0 Å². The number of hydrogen-bond donors (Lipinski definition) is 0. The Balaban J connectivity index is 1.32. The molecule has 3 fully saturated rings. The van der Waals surface area contributed by atoms with Gasteiger partial charge in [-0.15, -0.1) is 0 Å². The second-order valence-corrected chi connectivity index (χ2v) is 9.53. The van der Waals surface area contributed by atoms with E-state index in [0.717, 1.165) is 23.7 Å². The first kappa shape index (κ1) is 18.2. The molecule has 0 amide bonds. The standard InChI is InChI=1S/C28H24N4/c1-9-29-10-2-17(1)21-22(18-3-11-30-12-4-18)26-25(21)27-23(19-5-13-31-14-6-19)24(28(26)27)20-7-15-32-16-8-20/h1-16,21-28H. The molecule has 0 N–H and O–H groups in total. The van der Waals surface area contributed by atoms with E-state index in [1.165, 1.54) is 22.3 Å². The molecule has 32 heavy (non-hydrogen) atoms. The number of aromatic nitrogens is 4. The number of fused-ring (bicyclic) bond motifs is 4. The van der Waals surface area contributed by atoms with E-state index in [2.05, 4.69) is 68.5 Å². The van der Waals surface area contributed by atoms with Crippen LogP contribution in [-0.2, 0) is 0 Å². The summed E-state index contributed by atoms with van der Waals surface area (Å²) >= 11 is 0. The third-order valence-electron chi connectivity index (χ3n) is 8.57. The van der Waals surface area contributed by atoms with E-state index in [-0.39, 0.29) is 0 Å². The average molecular weight is 417 g/mol. The van der Waals surface area contributed by atoms with Crippen LogP contribution in [0.15, 0.2) is 98.1 Å². The van der Waals surface area contributed by atoms with Gasteiger partial charge in [-0.2, -0.15) is 0 Å². The fourth-order valence-electron chi connectivity index (χ4n) is 7.52. The molecule has 0 saturated heterocycles. The van der Waals surface area contributed by atoms with Crippen molar-refractivity contribution in [2.45, 2.75) is 23.7 Å². The predicted octanol–water partition coefficient (Wildman–Crippen LogP) is 5.21. The molecule has 0 aromatic carbocycles. The Kier molecular flexibility index (Phi) is 4.01. The largest absolute Gasteiger partial charge is 0.265 e. The van der Waals surface area contributed by atoms with Crippen LogP contribution in [0.1, 0.15) is 45.9 Å². The van der Waals surface area contributed by atoms with Crippen molar-refractivity contribution in [1.82, 2.24) is 19.9 Å². The zero-order valence-electron chi connectivity index (χ0n) is 17.6. The van der Waals surface area contributed by atoms with Crippen LogP contribution in [0.2, 0.25) is 0 Å². The maximum absolute atomic E-state index is 4.29. The van der Waals surface area contributed by atoms with Crippen molar-refractivity contribution >= 4 is 0 Å². The van der Waals surface area contributed by atoms with Crippen molar-refractivity contribution in [3.63, 3.8) is 0 Å². The van der Waals surface area contributed by atoms with Crippen LogP contribution < -0.4 is 0 Å². The molecule has 0 aliphatic heterocycles. The topological polar surface area (TPSA) is 51.6 Å². The van der Waals surface area contributed by atoms with Crippen LogP contribution in [0.5, 0.6) is 0 Å². The molecule has 7 rings (SSSR count). The van der Waals surface area contributed by atoms with E-state index < -0.39 is 0 Å². The average Bonchev–Trinajstić information content (AvgIpc) is 2.85. The second-order valence-electron chi connectivity index (χ2n) is 9.53. The van der Waals surface area contributed by atoms with Crippen molar-refractivity contribution in [2.75, 3.05) is 0 Å². The summed E-state index contributed by atoms with van der Waals surface area (Å²) < 4.78 is 0. The Hall–Kier alpha value is -3.40. The normalized spacial score (nSPS) is 34.2. The summed E-state index contributed by atoms with van der Waals surface area (Å²) in [7, 11) is 0. The third kappa shape index (κ3) is 2.44. The van der Waals surface area contributed by atoms with Gasteiger partial charge in [-0.1, -0.05) is 0 Å². The van der Waals surface area contributed by atoms with Gasteiger partial charge in [-0.25, -0.2) is 0 Å². The minimum Gasteiger partial charge on any atom is -0.265 e. The van der Waals surface area contributed by atoms with Gasteiger partial charge in [0.15, 0.2) is 0 Å². The molecule has 3 aliphatic carbocycles. The van der Waals surface area contributed by atoms with Gasteiger partial charge in [0, 0.05) is 49.6 Å². The van der Waals surface area contributed by atoms with Crippen molar-refractivity contribution < 1.29 is 0 Å². The van der Waals surface area contributed by atoms with Crippen LogP contribution in [-0.4, -0.2) is 19.9 Å². The molecular weight excluding hydrogens is 392 g/mol. The van der Waals surface area contributed by atoms with Gasteiger partial charge < -0.3 is 0 Å². The fourth-order valence-corrected chi connectivity index (χ4v) is 7.52. The lowest BCUT2D eigenvalue weighted by molar-refractivity contribution is -0.227. The Morgan fingerprint density at radius 1 is 0.312 bits per heavy atom. The molecule has 0 radical (unpaired) electrons. The number of pyridine rings is 4. The summed E-state index contributed by atoms with van der Waals surface area (Å²) in [5.41, 5.74) is 5.73. The van der Waals surface area contributed by atoms with E-state index in [0.29, 0.717) is 23.7 Å². The monoisotopic (exact) mass is 416 g/mol. The predicted molar refractivity (Wildman–Crippen MR) is 122 cm³/mol. The van der Waals surface area contributed by atoms with Gasteiger partial charge >= 0.3 is 0 Å². The molecule has 4 heteroatoms. The summed E-state index contributed by atoms with van der Waals surface area (Å²) in [6.07, 6.45) is 15.6. The molecule has 156 valence electrons. The molecule has 3 saturated carbocycles. The number of rotatable bonds is 4. The lowest BCUT2D eigenvalue weighted by atomic mass is 9.25. The lowest BCUT2D eigenvalue weighted by Crippen LogP contribution is -2.71. The SMILES string of the molecule is c1cc(C2C(c3ccncc3)C3C2C2C(c4ccncc4)C(c4ccncc4)C32)ccn1. The highest BCUT2D eigenvalue weighted by molar-refractivity contribution is 5.46. The Labute approximate surface area is 187 Å². The third-order valence-corrected chi connectivity index (χ3v) is 8.57. The van der Waals surface area contributed by atoms with Crippen LogP contribution in [0, 0.1) is 23.7 Å². The van der Waals surface area contributed by atoms with Gasteiger partial charge in [0.25, 0.3) is 0 Å². The summed E-state index contributed by atoms with van der Waals surface area (Å²) in [6.45, 7) is 0. The highest BCUT2D eigenvalue weighted by atomic mass is 14.8. The maximum Gasteiger partial charge on any atom is 0.0270 e. The minimum atomic E-state index is 0.550.